The maximum atomic E-state index is 12.3. The van der Waals surface area contributed by atoms with Gasteiger partial charge in [-0.2, -0.15) is 10.2 Å². The summed E-state index contributed by atoms with van der Waals surface area (Å²) >= 11 is 0. The largest absolute Gasteiger partial charge is 0.394 e. The normalized spacial score (nSPS) is 12.7. The summed E-state index contributed by atoms with van der Waals surface area (Å²) in [4.78, 5) is 12.3. The number of carbonyl (C=O) groups is 1. The van der Waals surface area contributed by atoms with Gasteiger partial charge in [0.2, 0.25) is 0 Å². The van der Waals surface area contributed by atoms with Crippen LogP contribution in [0.5, 0.6) is 0 Å². The number of H-pyrrole nitrogens is 1. The van der Waals surface area contributed by atoms with Crippen molar-refractivity contribution in [3.8, 4) is 11.3 Å². The molecule has 0 aliphatic rings. The van der Waals surface area contributed by atoms with E-state index in [-0.39, 0.29) is 18.6 Å². The summed E-state index contributed by atoms with van der Waals surface area (Å²) in [6, 6.07) is 1.46. The fraction of sp³-hybridized carbons (Fsp3) is 0.562. The number of aliphatic hydroxyl groups excluding tert-OH is 1. The molecule has 2 rings (SSSR count). The lowest BCUT2D eigenvalue weighted by Gasteiger charge is -2.17. The van der Waals surface area contributed by atoms with Gasteiger partial charge in [0.15, 0.2) is 0 Å². The van der Waals surface area contributed by atoms with E-state index in [4.69, 9.17) is 0 Å². The molecule has 0 saturated heterocycles. The van der Waals surface area contributed by atoms with E-state index in [2.05, 4.69) is 34.5 Å². The molecule has 0 aromatic carbocycles. The molecule has 0 aliphatic carbocycles. The number of nitrogens with zero attached hydrogens (tertiary/aromatic N) is 3. The number of rotatable bonds is 6. The number of hydrogen-bond donors (Lipinski definition) is 3. The topological polar surface area (TPSA) is 95.8 Å². The van der Waals surface area contributed by atoms with Crippen molar-refractivity contribution >= 4 is 5.91 Å². The number of aliphatic hydroxyl groups is 1. The molecule has 0 spiro atoms. The summed E-state index contributed by atoms with van der Waals surface area (Å²) in [5, 5.41) is 23.6. The number of nitrogens with one attached hydrogen (secondary N) is 2. The van der Waals surface area contributed by atoms with Crippen molar-refractivity contribution in [3.05, 3.63) is 23.1 Å². The Balaban J connectivity index is 2.17. The van der Waals surface area contributed by atoms with Gasteiger partial charge in [-0.3, -0.25) is 14.6 Å². The molecule has 7 heteroatoms. The van der Waals surface area contributed by atoms with Crippen LogP contribution in [-0.2, 0) is 7.05 Å². The monoisotopic (exact) mass is 319 g/mol. The standard InChI is InChI=1S/C16H25N5O2/c1-9(2)6-12(8-22)17-16(23)14-7-13(18-19-14)15-10(3)20-21(5)11(15)4/h7,9,12,22H,6,8H2,1-5H3,(H,17,23)(H,18,19). The first kappa shape index (κ1) is 17.2. The molecule has 2 aromatic rings. The highest BCUT2D eigenvalue weighted by Crippen LogP contribution is 2.25. The number of carbonyl (C=O) groups excluding carboxylic acids is 1. The van der Waals surface area contributed by atoms with Gasteiger partial charge in [-0.1, -0.05) is 13.8 Å². The van der Waals surface area contributed by atoms with E-state index in [0.717, 1.165) is 23.4 Å². The minimum atomic E-state index is -0.261. The van der Waals surface area contributed by atoms with Gasteiger partial charge in [-0.05, 0) is 32.3 Å². The molecular weight excluding hydrogens is 294 g/mol. The first-order valence-electron chi connectivity index (χ1n) is 7.81. The van der Waals surface area contributed by atoms with Crippen molar-refractivity contribution in [1.82, 2.24) is 25.3 Å². The van der Waals surface area contributed by atoms with Crippen LogP contribution < -0.4 is 5.32 Å². The average Bonchev–Trinajstić information content (AvgIpc) is 3.03. The maximum absolute atomic E-state index is 12.3. The smallest absolute Gasteiger partial charge is 0.269 e. The molecule has 1 atom stereocenters. The van der Waals surface area contributed by atoms with Crippen molar-refractivity contribution in [2.24, 2.45) is 13.0 Å². The SMILES string of the molecule is Cc1nn(C)c(C)c1-c1cc(C(=O)NC(CO)CC(C)C)[nH]n1. The maximum Gasteiger partial charge on any atom is 0.269 e. The molecule has 1 amide bonds. The van der Waals surface area contributed by atoms with Gasteiger partial charge in [-0.15, -0.1) is 0 Å². The van der Waals surface area contributed by atoms with Crippen LogP contribution in [0, 0.1) is 19.8 Å². The van der Waals surface area contributed by atoms with Gasteiger partial charge in [0, 0.05) is 18.3 Å². The van der Waals surface area contributed by atoms with E-state index in [9.17, 15) is 9.90 Å². The van der Waals surface area contributed by atoms with E-state index in [1.165, 1.54) is 0 Å². The Morgan fingerprint density at radius 2 is 2.13 bits per heavy atom. The predicted molar refractivity (Wildman–Crippen MR) is 88.1 cm³/mol. The second-order valence-electron chi connectivity index (χ2n) is 6.32. The zero-order chi connectivity index (χ0) is 17.1. The molecule has 0 radical (unpaired) electrons. The average molecular weight is 319 g/mol. The van der Waals surface area contributed by atoms with E-state index in [1.54, 1.807) is 10.7 Å². The first-order chi connectivity index (χ1) is 10.8. The quantitative estimate of drug-likeness (QED) is 0.753. The van der Waals surface area contributed by atoms with E-state index in [0.29, 0.717) is 17.3 Å². The Labute approximate surface area is 136 Å². The molecule has 23 heavy (non-hydrogen) atoms. The Hall–Kier alpha value is -2.15. The summed E-state index contributed by atoms with van der Waals surface area (Å²) in [6.07, 6.45) is 0.726. The molecule has 2 aromatic heterocycles. The minimum Gasteiger partial charge on any atom is -0.394 e. The highest BCUT2D eigenvalue weighted by Gasteiger charge is 2.19. The van der Waals surface area contributed by atoms with E-state index in [1.807, 2.05) is 20.9 Å². The minimum absolute atomic E-state index is 0.0776. The third kappa shape index (κ3) is 3.79. The third-order valence-corrected chi connectivity index (χ3v) is 3.90. The second kappa shape index (κ2) is 6.95. The van der Waals surface area contributed by atoms with Crippen molar-refractivity contribution in [1.29, 1.82) is 0 Å². The second-order valence-corrected chi connectivity index (χ2v) is 6.32. The van der Waals surface area contributed by atoms with Gasteiger partial charge in [0.1, 0.15) is 5.69 Å². The van der Waals surface area contributed by atoms with Gasteiger partial charge in [0.25, 0.3) is 5.91 Å². The summed E-state index contributed by atoms with van der Waals surface area (Å²) in [7, 11) is 1.88. The highest BCUT2D eigenvalue weighted by molar-refractivity contribution is 5.93. The molecule has 1 unspecified atom stereocenters. The van der Waals surface area contributed by atoms with Crippen LogP contribution in [0.15, 0.2) is 6.07 Å². The number of aryl methyl sites for hydroxylation is 2. The predicted octanol–water partition coefficient (Wildman–Crippen LogP) is 1.56. The summed E-state index contributed by atoms with van der Waals surface area (Å²) in [5.74, 6) is 0.133. The number of aromatic amines is 1. The fourth-order valence-electron chi connectivity index (χ4n) is 2.72. The first-order valence-corrected chi connectivity index (χ1v) is 7.81. The van der Waals surface area contributed by atoms with E-state index < -0.39 is 0 Å². The Morgan fingerprint density at radius 1 is 1.43 bits per heavy atom. The van der Waals surface area contributed by atoms with Crippen LogP contribution in [0.25, 0.3) is 11.3 Å². The van der Waals surface area contributed by atoms with Crippen LogP contribution in [0.4, 0.5) is 0 Å². The molecule has 0 saturated carbocycles. The van der Waals surface area contributed by atoms with Crippen molar-refractivity contribution in [3.63, 3.8) is 0 Å². The Bertz CT molecular complexity index is 687. The Kier molecular flexibility index (Phi) is 5.20. The van der Waals surface area contributed by atoms with Crippen LogP contribution in [-0.4, -0.2) is 43.6 Å². The summed E-state index contributed by atoms with van der Waals surface area (Å²) in [5.41, 5.74) is 3.88. The van der Waals surface area contributed by atoms with Crippen LogP contribution in [0.3, 0.4) is 0 Å². The van der Waals surface area contributed by atoms with Crippen LogP contribution in [0.2, 0.25) is 0 Å². The van der Waals surface area contributed by atoms with Crippen molar-refractivity contribution in [2.45, 2.75) is 40.2 Å². The number of hydrogen-bond acceptors (Lipinski definition) is 4. The van der Waals surface area contributed by atoms with Crippen LogP contribution in [0.1, 0.15) is 42.1 Å². The summed E-state index contributed by atoms with van der Waals surface area (Å²) in [6.45, 7) is 7.91. The zero-order valence-corrected chi connectivity index (χ0v) is 14.3. The molecule has 126 valence electrons. The molecule has 0 bridgehead atoms. The van der Waals surface area contributed by atoms with Gasteiger partial charge >= 0.3 is 0 Å². The lowest BCUT2D eigenvalue weighted by molar-refractivity contribution is 0.0903. The molecule has 2 heterocycles. The Morgan fingerprint density at radius 3 is 2.65 bits per heavy atom. The third-order valence-electron chi connectivity index (χ3n) is 3.90. The molecule has 0 aliphatic heterocycles. The van der Waals surface area contributed by atoms with Gasteiger partial charge < -0.3 is 10.4 Å². The number of aromatic nitrogens is 4. The molecule has 0 fully saturated rings. The van der Waals surface area contributed by atoms with Crippen LogP contribution >= 0.6 is 0 Å². The van der Waals surface area contributed by atoms with Crippen molar-refractivity contribution in [2.75, 3.05) is 6.61 Å². The lowest BCUT2D eigenvalue weighted by Crippen LogP contribution is -2.38. The zero-order valence-electron chi connectivity index (χ0n) is 14.3. The van der Waals surface area contributed by atoms with Crippen molar-refractivity contribution < 1.29 is 9.90 Å². The number of amides is 1. The van der Waals surface area contributed by atoms with E-state index >= 15 is 0 Å². The highest BCUT2D eigenvalue weighted by atomic mass is 16.3. The summed E-state index contributed by atoms with van der Waals surface area (Å²) < 4.78 is 1.80. The lowest BCUT2D eigenvalue weighted by atomic mass is 10.0. The van der Waals surface area contributed by atoms with Gasteiger partial charge in [-0.25, -0.2) is 0 Å². The fourth-order valence-corrected chi connectivity index (χ4v) is 2.72. The molecule has 7 nitrogen and oxygen atoms in total. The molecular formula is C16H25N5O2. The van der Waals surface area contributed by atoms with Gasteiger partial charge in [0.05, 0.1) is 24.0 Å². The molecule has 3 N–H and O–H groups in total.